The van der Waals surface area contributed by atoms with E-state index in [1.54, 1.807) is 47.3 Å². The molecule has 29 heavy (non-hydrogen) atoms. The monoisotopic (exact) mass is 394 g/mol. The highest BCUT2D eigenvalue weighted by Gasteiger charge is 2.19. The number of methoxy groups -OCH3 is 1. The van der Waals surface area contributed by atoms with Gasteiger partial charge in [0.15, 0.2) is 5.69 Å². The van der Waals surface area contributed by atoms with Crippen LogP contribution in [0.5, 0.6) is 5.75 Å². The van der Waals surface area contributed by atoms with Crippen molar-refractivity contribution in [1.29, 1.82) is 0 Å². The molecule has 0 saturated carbocycles. The van der Waals surface area contributed by atoms with E-state index >= 15 is 0 Å². The number of anilines is 1. The van der Waals surface area contributed by atoms with Crippen LogP contribution in [0.15, 0.2) is 59.3 Å². The second-order valence-corrected chi connectivity index (χ2v) is 6.01. The number of nitrogens with one attached hydrogen (secondary N) is 1. The van der Waals surface area contributed by atoms with Crippen molar-refractivity contribution >= 4 is 11.6 Å². The van der Waals surface area contributed by atoms with E-state index in [2.05, 4.69) is 25.8 Å². The van der Waals surface area contributed by atoms with Gasteiger partial charge in [0, 0.05) is 0 Å². The molecule has 0 spiro atoms. The predicted molar refractivity (Wildman–Crippen MR) is 99.8 cm³/mol. The summed E-state index contributed by atoms with van der Waals surface area (Å²) < 4.78 is 24.8. The number of aromatic nitrogens is 5. The van der Waals surface area contributed by atoms with Crippen LogP contribution >= 0.6 is 0 Å². The Bertz CT molecular complexity index is 1140. The minimum atomic E-state index is -0.577. The summed E-state index contributed by atoms with van der Waals surface area (Å²) in [6, 6.07) is 13.0. The van der Waals surface area contributed by atoms with Gasteiger partial charge >= 0.3 is 11.8 Å². The lowest BCUT2D eigenvalue weighted by atomic mass is 10.2. The van der Waals surface area contributed by atoms with E-state index in [1.807, 2.05) is 0 Å². The van der Waals surface area contributed by atoms with Crippen LogP contribution in [0, 0.1) is 5.82 Å². The first kappa shape index (κ1) is 18.3. The standard InChI is InChI=1S/C19H15FN6O3/c1-28-16-5-3-2-4-14(16)21-18(27)19-22-17(24-29-19)15-11-26(25-23-15)10-12-6-8-13(20)9-7-12/h2-9,11H,10H2,1H3,(H,21,27). The molecule has 1 amide bonds. The molecular weight excluding hydrogens is 379 g/mol. The van der Waals surface area contributed by atoms with Crippen molar-refractivity contribution in [3.05, 3.63) is 72.0 Å². The fourth-order valence-corrected chi connectivity index (χ4v) is 2.60. The summed E-state index contributed by atoms with van der Waals surface area (Å²) in [4.78, 5) is 16.4. The summed E-state index contributed by atoms with van der Waals surface area (Å²) in [5, 5.41) is 14.4. The van der Waals surface area contributed by atoms with Gasteiger partial charge < -0.3 is 14.6 Å². The van der Waals surface area contributed by atoms with Crippen molar-refractivity contribution in [2.45, 2.75) is 6.54 Å². The number of amides is 1. The van der Waals surface area contributed by atoms with Crippen LogP contribution in [0.25, 0.3) is 11.5 Å². The zero-order valence-electron chi connectivity index (χ0n) is 15.2. The van der Waals surface area contributed by atoms with Gasteiger partial charge in [-0.3, -0.25) is 4.79 Å². The van der Waals surface area contributed by atoms with Gasteiger partial charge in [0.05, 0.1) is 25.5 Å². The maximum absolute atomic E-state index is 13.0. The topological polar surface area (TPSA) is 108 Å². The largest absolute Gasteiger partial charge is 0.495 e. The van der Waals surface area contributed by atoms with Crippen LogP contribution in [0.4, 0.5) is 10.1 Å². The van der Waals surface area contributed by atoms with E-state index in [0.717, 1.165) is 5.56 Å². The van der Waals surface area contributed by atoms with Crippen molar-refractivity contribution in [2.75, 3.05) is 12.4 Å². The number of carbonyl (C=O) groups is 1. The van der Waals surface area contributed by atoms with Gasteiger partial charge in [0.1, 0.15) is 11.6 Å². The van der Waals surface area contributed by atoms with Crippen molar-refractivity contribution in [2.24, 2.45) is 0 Å². The van der Waals surface area contributed by atoms with Crippen LogP contribution in [0.3, 0.4) is 0 Å². The molecule has 4 rings (SSSR count). The highest BCUT2D eigenvalue weighted by atomic mass is 19.1. The van der Waals surface area contributed by atoms with Gasteiger partial charge in [-0.1, -0.05) is 34.6 Å². The van der Waals surface area contributed by atoms with Gasteiger partial charge in [-0.25, -0.2) is 9.07 Å². The average Bonchev–Trinajstić information content (AvgIpc) is 3.40. The van der Waals surface area contributed by atoms with Gasteiger partial charge in [-0.15, -0.1) is 5.10 Å². The molecule has 0 atom stereocenters. The minimum Gasteiger partial charge on any atom is -0.495 e. The number of hydrogen-bond donors (Lipinski definition) is 1. The van der Waals surface area contributed by atoms with E-state index in [1.165, 1.54) is 19.2 Å². The third-order valence-electron chi connectivity index (χ3n) is 4.00. The van der Waals surface area contributed by atoms with Crippen LogP contribution in [-0.2, 0) is 6.54 Å². The Morgan fingerprint density at radius 3 is 2.79 bits per heavy atom. The average molecular weight is 394 g/mol. The van der Waals surface area contributed by atoms with Crippen LogP contribution < -0.4 is 10.1 Å². The highest BCUT2D eigenvalue weighted by molar-refractivity contribution is 6.01. The number of hydrogen-bond acceptors (Lipinski definition) is 7. The number of ether oxygens (including phenoxy) is 1. The first-order chi connectivity index (χ1) is 14.1. The molecular formula is C19H15FN6O3. The van der Waals surface area contributed by atoms with E-state index in [0.29, 0.717) is 23.7 Å². The molecule has 2 aromatic carbocycles. The van der Waals surface area contributed by atoms with Crippen LogP contribution in [0.1, 0.15) is 16.2 Å². The molecule has 0 saturated heterocycles. The molecule has 0 aliphatic rings. The van der Waals surface area contributed by atoms with Crippen molar-refractivity contribution in [3.63, 3.8) is 0 Å². The van der Waals surface area contributed by atoms with E-state index in [9.17, 15) is 9.18 Å². The number of halogens is 1. The molecule has 9 nitrogen and oxygen atoms in total. The SMILES string of the molecule is COc1ccccc1NC(=O)c1nc(-c2cn(Cc3ccc(F)cc3)nn2)no1. The predicted octanol–water partition coefficient (Wildman–Crippen LogP) is 2.78. The molecule has 0 radical (unpaired) electrons. The van der Waals surface area contributed by atoms with Crippen LogP contribution in [-0.4, -0.2) is 38.2 Å². The molecule has 0 aliphatic carbocycles. The number of carbonyl (C=O) groups excluding carboxylic acids is 1. The van der Waals surface area contributed by atoms with Gasteiger partial charge in [0.2, 0.25) is 5.82 Å². The molecule has 0 bridgehead atoms. The summed E-state index contributed by atoms with van der Waals surface area (Å²) in [5.74, 6) is -0.477. The van der Waals surface area contributed by atoms with Crippen LogP contribution in [0.2, 0.25) is 0 Å². The first-order valence-corrected chi connectivity index (χ1v) is 8.55. The van der Waals surface area contributed by atoms with Gasteiger partial charge in [-0.05, 0) is 29.8 Å². The Morgan fingerprint density at radius 2 is 2.00 bits per heavy atom. The number of para-hydroxylation sites is 2. The number of rotatable bonds is 6. The molecule has 1 N–H and O–H groups in total. The molecule has 0 aliphatic heterocycles. The summed E-state index contributed by atoms with van der Waals surface area (Å²) in [7, 11) is 1.51. The third kappa shape index (κ3) is 4.10. The zero-order valence-corrected chi connectivity index (χ0v) is 15.2. The summed E-state index contributed by atoms with van der Waals surface area (Å²) in [6.45, 7) is 0.395. The molecule has 0 fully saturated rings. The lowest BCUT2D eigenvalue weighted by Gasteiger charge is -2.07. The van der Waals surface area contributed by atoms with Gasteiger partial charge in [-0.2, -0.15) is 4.98 Å². The summed E-state index contributed by atoms with van der Waals surface area (Å²) >= 11 is 0. The van der Waals surface area contributed by atoms with Crippen molar-refractivity contribution < 1.29 is 18.4 Å². The molecule has 10 heteroatoms. The zero-order chi connectivity index (χ0) is 20.2. The summed E-state index contributed by atoms with van der Waals surface area (Å²) in [6.07, 6.45) is 1.61. The number of benzene rings is 2. The van der Waals surface area contributed by atoms with E-state index < -0.39 is 5.91 Å². The van der Waals surface area contributed by atoms with E-state index in [4.69, 9.17) is 9.26 Å². The molecule has 2 heterocycles. The van der Waals surface area contributed by atoms with E-state index in [-0.39, 0.29) is 17.5 Å². The lowest BCUT2D eigenvalue weighted by Crippen LogP contribution is -2.13. The first-order valence-electron chi connectivity index (χ1n) is 8.55. The normalized spacial score (nSPS) is 10.7. The Balaban J connectivity index is 1.47. The Labute approximate surface area is 164 Å². The molecule has 0 unspecified atom stereocenters. The smallest absolute Gasteiger partial charge is 0.316 e. The minimum absolute atomic E-state index is 0.125. The molecule has 146 valence electrons. The van der Waals surface area contributed by atoms with Crippen molar-refractivity contribution in [1.82, 2.24) is 25.1 Å². The maximum Gasteiger partial charge on any atom is 0.316 e. The van der Waals surface area contributed by atoms with Gasteiger partial charge in [0.25, 0.3) is 0 Å². The maximum atomic E-state index is 13.0. The second kappa shape index (κ2) is 7.89. The van der Waals surface area contributed by atoms with Crippen molar-refractivity contribution in [3.8, 4) is 17.3 Å². The number of nitrogens with zero attached hydrogens (tertiary/aromatic N) is 5. The molecule has 4 aromatic rings. The second-order valence-electron chi connectivity index (χ2n) is 6.01. The Morgan fingerprint density at radius 1 is 1.21 bits per heavy atom. The lowest BCUT2D eigenvalue weighted by molar-refractivity contribution is 0.0981. The Hall–Kier alpha value is -4.08. The highest BCUT2D eigenvalue weighted by Crippen LogP contribution is 2.23. The summed E-state index contributed by atoms with van der Waals surface area (Å²) in [5.41, 5.74) is 1.67. The Kier molecular flexibility index (Phi) is 4.97. The fraction of sp³-hybridized carbons (Fsp3) is 0.105. The quantitative estimate of drug-likeness (QED) is 0.536. The fourth-order valence-electron chi connectivity index (χ4n) is 2.60. The third-order valence-corrected chi connectivity index (χ3v) is 4.00. The molecule has 2 aromatic heterocycles.